The molecule has 0 bridgehead atoms. The fourth-order valence-corrected chi connectivity index (χ4v) is 3.40. The Morgan fingerprint density at radius 1 is 1.44 bits per heavy atom. The molecule has 18 heavy (non-hydrogen) atoms. The number of hydrogen-bond acceptors (Lipinski definition) is 3. The molecule has 0 radical (unpaired) electrons. The van der Waals surface area contributed by atoms with Gasteiger partial charge < -0.3 is 10.5 Å². The summed E-state index contributed by atoms with van der Waals surface area (Å²) in [5.74, 6) is 0.171. The molecule has 2 N–H and O–H groups in total. The summed E-state index contributed by atoms with van der Waals surface area (Å²) in [5.41, 5.74) is 6.53. The van der Waals surface area contributed by atoms with E-state index in [0.717, 1.165) is 9.35 Å². The monoisotopic (exact) mass is 329 g/mol. The first kappa shape index (κ1) is 13.5. The molecule has 1 unspecified atom stereocenters. The van der Waals surface area contributed by atoms with Crippen LogP contribution in [0.5, 0.6) is 5.75 Å². The Morgan fingerprint density at radius 3 is 2.83 bits per heavy atom. The second-order valence-corrected chi connectivity index (χ2v) is 5.71. The lowest BCUT2D eigenvalue weighted by Crippen LogP contribution is -2.16. The molecule has 1 heterocycles. The number of rotatable bonds is 4. The van der Waals surface area contributed by atoms with Crippen LogP contribution in [0.1, 0.15) is 16.5 Å². The predicted octanol–water partition coefficient (Wildman–Crippen LogP) is 3.90. The molecular weight excluding hydrogens is 317 g/mol. The van der Waals surface area contributed by atoms with Crippen LogP contribution in [0, 0.1) is 5.82 Å². The van der Waals surface area contributed by atoms with Crippen LogP contribution < -0.4 is 10.5 Å². The number of hydrogen-bond donors (Lipinski definition) is 1. The maximum Gasteiger partial charge on any atom is 0.131 e. The molecule has 0 saturated carbocycles. The van der Waals surface area contributed by atoms with Crippen molar-refractivity contribution in [2.75, 3.05) is 7.11 Å². The van der Waals surface area contributed by atoms with Crippen LogP contribution in [0.2, 0.25) is 0 Å². The normalized spacial score (nSPS) is 12.4. The van der Waals surface area contributed by atoms with Gasteiger partial charge in [0.05, 0.1) is 7.11 Å². The molecule has 2 aromatic rings. The summed E-state index contributed by atoms with van der Waals surface area (Å²) in [6.45, 7) is 0. The van der Waals surface area contributed by atoms with Crippen LogP contribution in [0.15, 0.2) is 34.1 Å². The van der Waals surface area contributed by atoms with Crippen molar-refractivity contribution < 1.29 is 9.13 Å². The number of methoxy groups -OCH3 is 1. The van der Waals surface area contributed by atoms with Crippen molar-refractivity contribution in [1.82, 2.24) is 0 Å². The van der Waals surface area contributed by atoms with Gasteiger partial charge in [-0.05, 0) is 39.5 Å². The molecule has 0 aliphatic rings. The lowest BCUT2D eigenvalue weighted by Gasteiger charge is -2.16. The summed E-state index contributed by atoms with van der Waals surface area (Å²) in [7, 11) is 1.52. The molecule has 2 nitrogen and oxygen atoms in total. The summed E-state index contributed by atoms with van der Waals surface area (Å²) < 4.78 is 20.0. The lowest BCUT2D eigenvalue weighted by molar-refractivity contribution is 0.399. The van der Waals surface area contributed by atoms with Gasteiger partial charge in [-0.2, -0.15) is 0 Å². The van der Waals surface area contributed by atoms with Gasteiger partial charge in [-0.25, -0.2) is 4.39 Å². The van der Waals surface area contributed by atoms with E-state index in [1.54, 1.807) is 23.5 Å². The van der Waals surface area contributed by atoms with E-state index in [9.17, 15) is 4.39 Å². The van der Waals surface area contributed by atoms with E-state index in [2.05, 4.69) is 15.9 Å². The number of ether oxygens (including phenoxy) is 1. The minimum absolute atomic E-state index is 0.325. The van der Waals surface area contributed by atoms with Gasteiger partial charge in [0.1, 0.15) is 11.6 Å². The Labute approximate surface area is 118 Å². The van der Waals surface area contributed by atoms with Gasteiger partial charge in [0, 0.05) is 27.4 Å². The fourth-order valence-electron chi connectivity index (χ4n) is 1.83. The van der Waals surface area contributed by atoms with E-state index in [-0.39, 0.29) is 5.82 Å². The highest BCUT2D eigenvalue weighted by Gasteiger charge is 2.18. The largest absolute Gasteiger partial charge is 0.496 e. The lowest BCUT2D eigenvalue weighted by atomic mass is 10.0. The van der Waals surface area contributed by atoms with Crippen LogP contribution in [-0.2, 0) is 6.42 Å². The Balaban J connectivity index is 2.29. The Morgan fingerprint density at radius 2 is 2.22 bits per heavy atom. The Hall–Kier alpha value is -0.910. The topological polar surface area (TPSA) is 35.2 Å². The van der Waals surface area contributed by atoms with Crippen molar-refractivity contribution in [3.63, 3.8) is 0 Å². The molecule has 1 atom stereocenters. The third-order valence-electron chi connectivity index (χ3n) is 2.70. The molecule has 2 rings (SSSR count). The zero-order chi connectivity index (χ0) is 13.1. The molecule has 0 amide bonds. The van der Waals surface area contributed by atoms with Crippen LogP contribution >= 0.6 is 27.3 Å². The number of nitrogens with two attached hydrogens (primary N) is 1. The van der Waals surface area contributed by atoms with Crippen LogP contribution in [0.4, 0.5) is 4.39 Å². The highest BCUT2D eigenvalue weighted by Crippen LogP contribution is 2.32. The quantitative estimate of drug-likeness (QED) is 0.923. The van der Waals surface area contributed by atoms with E-state index in [4.69, 9.17) is 10.5 Å². The van der Waals surface area contributed by atoms with Gasteiger partial charge in [0.15, 0.2) is 0 Å². The summed E-state index contributed by atoms with van der Waals surface area (Å²) in [5, 5.41) is 1.98. The van der Waals surface area contributed by atoms with Gasteiger partial charge in [-0.1, -0.05) is 6.07 Å². The van der Waals surface area contributed by atoms with Crippen LogP contribution in [0.3, 0.4) is 0 Å². The summed E-state index contributed by atoms with van der Waals surface area (Å²) in [6.07, 6.45) is 0.579. The molecule has 0 fully saturated rings. The van der Waals surface area contributed by atoms with E-state index < -0.39 is 6.04 Å². The summed E-state index contributed by atoms with van der Waals surface area (Å²) >= 11 is 5.05. The number of benzene rings is 1. The van der Waals surface area contributed by atoms with Gasteiger partial charge in [0.25, 0.3) is 0 Å². The number of halogens is 2. The highest BCUT2D eigenvalue weighted by atomic mass is 79.9. The van der Waals surface area contributed by atoms with Crippen molar-refractivity contribution in [3.8, 4) is 5.75 Å². The molecule has 0 aliphatic carbocycles. The Bertz CT molecular complexity index is 544. The Kier molecular flexibility index (Phi) is 4.37. The minimum Gasteiger partial charge on any atom is -0.496 e. The zero-order valence-electron chi connectivity index (χ0n) is 9.82. The summed E-state index contributed by atoms with van der Waals surface area (Å²) in [4.78, 5) is 1.10. The maximum absolute atomic E-state index is 13.8. The van der Waals surface area contributed by atoms with Gasteiger partial charge >= 0.3 is 0 Å². The van der Waals surface area contributed by atoms with Crippen molar-refractivity contribution >= 4 is 27.3 Å². The van der Waals surface area contributed by atoms with E-state index in [1.807, 2.05) is 11.4 Å². The standard InChI is InChI=1S/C13H13BrFNOS/c1-17-11-4-2-3-9(15)13(11)10(16)7-12-8(14)5-6-18-12/h2-6,10H,7,16H2,1H3. The molecule has 0 spiro atoms. The molecule has 96 valence electrons. The first-order valence-corrected chi connectivity index (χ1v) is 7.10. The first-order valence-electron chi connectivity index (χ1n) is 5.43. The van der Waals surface area contributed by atoms with Crippen molar-refractivity contribution in [2.24, 2.45) is 5.73 Å². The van der Waals surface area contributed by atoms with Crippen LogP contribution in [0.25, 0.3) is 0 Å². The van der Waals surface area contributed by atoms with Crippen molar-refractivity contribution in [3.05, 3.63) is 50.4 Å². The molecule has 5 heteroatoms. The fraction of sp³-hybridized carbons (Fsp3) is 0.231. The van der Waals surface area contributed by atoms with Gasteiger partial charge in [0.2, 0.25) is 0 Å². The average Bonchev–Trinajstić information content (AvgIpc) is 2.74. The number of thiophene rings is 1. The zero-order valence-corrected chi connectivity index (χ0v) is 12.2. The van der Waals surface area contributed by atoms with Crippen molar-refractivity contribution in [1.29, 1.82) is 0 Å². The molecule has 1 aromatic heterocycles. The molecule has 0 aliphatic heterocycles. The SMILES string of the molecule is COc1cccc(F)c1C(N)Cc1sccc1Br. The third kappa shape index (κ3) is 2.74. The smallest absolute Gasteiger partial charge is 0.131 e. The average molecular weight is 330 g/mol. The first-order chi connectivity index (χ1) is 8.63. The van der Waals surface area contributed by atoms with Crippen molar-refractivity contribution in [2.45, 2.75) is 12.5 Å². The van der Waals surface area contributed by atoms with E-state index >= 15 is 0 Å². The van der Waals surface area contributed by atoms with Gasteiger partial charge in [-0.15, -0.1) is 11.3 Å². The maximum atomic E-state index is 13.8. The summed E-state index contributed by atoms with van der Waals surface area (Å²) in [6, 6.07) is 6.29. The highest BCUT2D eigenvalue weighted by molar-refractivity contribution is 9.10. The second kappa shape index (κ2) is 5.82. The molecule has 1 aromatic carbocycles. The second-order valence-electron chi connectivity index (χ2n) is 3.86. The van der Waals surface area contributed by atoms with Crippen LogP contribution in [-0.4, -0.2) is 7.11 Å². The van der Waals surface area contributed by atoms with Gasteiger partial charge in [-0.3, -0.25) is 0 Å². The third-order valence-corrected chi connectivity index (χ3v) is 4.65. The van der Waals surface area contributed by atoms with E-state index in [1.165, 1.54) is 13.2 Å². The molecular formula is C13H13BrFNOS. The molecule has 0 saturated heterocycles. The predicted molar refractivity (Wildman–Crippen MR) is 75.6 cm³/mol. The minimum atomic E-state index is -0.420. The van der Waals surface area contributed by atoms with E-state index in [0.29, 0.717) is 17.7 Å².